The van der Waals surface area contributed by atoms with E-state index in [-0.39, 0.29) is 17.9 Å². The number of ether oxygens (including phenoxy) is 1. The topological polar surface area (TPSA) is 86.5 Å². The Labute approximate surface area is 111 Å². The molecule has 1 aromatic rings. The lowest BCUT2D eigenvalue weighted by molar-refractivity contribution is -0.384. The van der Waals surface area contributed by atoms with Gasteiger partial charge in [0.15, 0.2) is 10.6 Å². The molecule has 6 nitrogen and oxygen atoms in total. The number of nitro benzene ring substituents is 1. The number of esters is 1. The van der Waals surface area contributed by atoms with Crippen LogP contribution in [0.15, 0.2) is 24.3 Å². The zero-order valence-electron chi connectivity index (χ0n) is 9.46. The van der Waals surface area contributed by atoms with Crippen LogP contribution in [0.3, 0.4) is 0 Å². The Morgan fingerprint density at radius 1 is 1.50 bits per heavy atom. The van der Waals surface area contributed by atoms with E-state index in [1.165, 1.54) is 18.2 Å². The number of nitrogens with zero attached hydrogens (tertiary/aromatic N) is 1. The quantitative estimate of drug-likeness (QED) is 0.207. The molecular weight excluding hydrogens is 306 g/mol. The van der Waals surface area contributed by atoms with E-state index in [4.69, 9.17) is 0 Å². The second-order valence-corrected chi connectivity index (χ2v) is 4.20. The summed E-state index contributed by atoms with van der Waals surface area (Å²) in [4.78, 5) is 32.0. The first-order chi connectivity index (χ1) is 8.47. The number of rotatable bonds is 5. The maximum absolute atomic E-state index is 11.9. The summed E-state index contributed by atoms with van der Waals surface area (Å²) < 4.78 is 4.68. The molecule has 18 heavy (non-hydrogen) atoms. The molecule has 0 saturated heterocycles. The van der Waals surface area contributed by atoms with Gasteiger partial charge in [-0.05, 0) is 6.92 Å². The summed E-state index contributed by atoms with van der Waals surface area (Å²) in [6.07, 6.45) is 0. The van der Waals surface area contributed by atoms with Crippen LogP contribution in [-0.4, -0.2) is 28.1 Å². The van der Waals surface area contributed by atoms with Crippen molar-refractivity contribution in [2.24, 2.45) is 0 Å². The van der Waals surface area contributed by atoms with Crippen molar-refractivity contribution in [1.29, 1.82) is 0 Å². The lowest BCUT2D eigenvalue weighted by Gasteiger charge is -2.07. The van der Waals surface area contributed by atoms with E-state index >= 15 is 0 Å². The van der Waals surface area contributed by atoms with Gasteiger partial charge < -0.3 is 4.74 Å². The molecule has 0 radical (unpaired) electrons. The van der Waals surface area contributed by atoms with E-state index in [1.54, 1.807) is 6.92 Å². The van der Waals surface area contributed by atoms with E-state index in [0.29, 0.717) is 0 Å². The number of benzene rings is 1. The number of ketones is 1. The number of halogens is 1. The fraction of sp³-hybridized carbons (Fsp3) is 0.273. The monoisotopic (exact) mass is 315 g/mol. The van der Waals surface area contributed by atoms with Crippen LogP contribution in [0.4, 0.5) is 5.69 Å². The van der Waals surface area contributed by atoms with E-state index in [2.05, 4.69) is 20.7 Å². The molecule has 0 N–H and O–H groups in total. The third kappa shape index (κ3) is 3.36. The Morgan fingerprint density at radius 2 is 2.17 bits per heavy atom. The number of non-ortho nitro benzene ring substituents is 1. The lowest BCUT2D eigenvalue weighted by Crippen LogP contribution is -2.26. The van der Waals surface area contributed by atoms with Crippen LogP contribution in [0, 0.1) is 10.1 Å². The molecule has 0 saturated carbocycles. The average molecular weight is 316 g/mol. The van der Waals surface area contributed by atoms with Gasteiger partial charge in [-0.25, -0.2) is 0 Å². The number of hydrogen-bond donors (Lipinski definition) is 0. The van der Waals surface area contributed by atoms with E-state index in [0.717, 1.165) is 6.07 Å². The molecule has 1 atom stereocenters. The van der Waals surface area contributed by atoms with Crippen molar-refractivity contribution in [1.82, 2.24) is 0 Å². The zero-order chi connectivity index (χ0) is 13.7. The molecule has 1 rings (SSSR count). The number of alkyl halides is 1. The number of nitro groups is 1. The standard InChI is InChI=1S/C11H10BrNO5/c1-2-18-11(15)9(12)10(14)7-4-3-5-8(6-7)13(16)17/h3-6,9H,2H2,1H3. The molecule has 0 amide bonds. The lowest BCUT2D eigenvalue weighted by atomic mass is 10.1. The summed E-state index contributed by atoms with van der Waals surface area (Å²) in [5.74, 6) is -1.29. The highest BCUT2D eigenvalue weighted by Crippen LogP contribution is 2.17. The largest absolute Gasteiger partial charge is 0.465 e. The fourth-order valence-corrected chi connectivity index (χ4v) is 1.64. The smallest absolute Gasteiger partial charge is 0.327 e. The van der Waals surface area contributed by atoms with Crippen molar-refractivity contribution in [2.45, 2.75) is 11.8 Å². The van der Waals surface area contributed by atoms with Gasteiger partial charge in [0.05, 0.1) is 11.5 Å². The summed E-state index contributed by atoms with van der Waals surface area (Å²) >= 11 is 2.91. The number of Topliss-reactive ketones (excluding diaryl/α,β-unsaturated/α-hetero) is 1. The van der Waals surface area contributed by atoms with Crippen LogP contribution in [-0.2, 0) is 9.53 Å². The van der Waals surface area contributed by atoms with Crippen molar-refractivity contribution in [2.75, 3.05) is 6.61 Å². The second-order valence-electron chi connectivity index (χ2n) is 3.29. The molecule has 0 spiro atoms. The van der Waals surface area contributed by atoms with Gasteiger partial charge in [0.1, 0.15) is 0 Å². The van der Waals surface area contributed by atoms with Crippen molar-refractivity contribution in [3.05, 3.63) is 39.9 Å². The van der Waals surface area contributed by atoms with Gasteiger partial charge in [-0.3, -0.25) is 19.7 Å². The Bertz CT molecular complexity index is 488. The van der Waals surface area contributed by atoms with Gasteiger partial charge in [-0.15, -0.1) is 0 Å². The first-order valence-corrected chi connectivity index (χ1v) is 5.98. The van der Waals surface area contributed by atoms with Gasteiger partial charge in [0.2, 0.25) is 0 Å². The Kier molecular flexibility index (Phi) is 4.96. The zero-order valence-corrected chi connectivity index (χ0v) is 11.0. The molecule has 0 bridgehead atoms. The minimum absolute atomic E-state index is 0.0825. The third-order valence-corrected chi connectivity index (χ3v) is 2.85. The molecule has 0 aliphatic carbocycles. The molecule has 0 fully saturated rings. The van der Waals surface area contributed by atoms with Crippen molar-refractivity contribution >= 4 is 33.4 Å². The highest BCUT2D eigenvalue weighted by molar-refractivity contribution is 9.10. The van der Waals surface area contributed by atoms with Crippen LogP contribution in [0.2, 0.25) is 0 Å². The molecule has 0 heterocycles. The van der Waals surface area contributed by atoms with Crippen LogP contribution in [0.5, 0.6) is 0 Å². The van der Waals surface area contributed by atoms with Crippen LogP contribution < -0.4 is 0 Å². The van der Waals surface area contributed by atoms with Gasteiger partial charge in [-0.1, -0.05) is 28.1 Å². The summed E-state index contributed by atoms with van der Waals surface area (Å²) in [6.45, 7) is 1.78. The number of carbonyl (C=O) groups excluding carboxylic acids is 2. The molecule has 1 unspecified atom stereocenters. The fourth-order valence-electron chi connectivity index (χ4n) is 1.24. The SMILES string of the molecule is CCOC(=O)C(Br)C(=O)c1cccc([N+](=O)[O-])c1. The van der Waals surface area contributed by atoms with Crippen LogP contribution in [0.1, 0.15) is 17.3 Å². The number of hydrogen-bond acceptors (Lipinski definition) is 5. The Hall–Kier alpha value is -1.76. The minimum atomic E-state index is -1.15. The molecule has 0 aromatic heterocycles. The molecule has 0 aliphatic heterocycles. The maximum atomic E-state index is 11.9. The Balaban J connectivity index is 2.93. The minimum Gasteiger partial charge on any atom is -0.465 e. The summed E-state index contributed by atoms with van der Waals surface area (Å²) in [5.41, 5.74) is -0.122. The van der Waals surface area contributed by atoms with Crippen molar-refractivity contribution in [3.63, 3.8) is 0 Å². The molecular formula is C11H10BrNO5. The van der Waals surface area contributed by atoms with E-state index in [1.807, 2.05) is 0 Å². The second kappa shape index (κ2) is 6.25. The normalized spacial score (nSPS) is 11.7. The number of carbonyl (C=O) groups is 2. The predicted molar refractivity (Wildman–Crippen MR) is 66.8 cm³/mol. The first kappa shape index (κ1) is 14.3. The summed E-state index contributed by atoms with van der Waals surface area (Å²) in [7, 11) is 0. The van der Waals surface area contributed by atoms with Gasteiger partial charge in [-0.2, -0.15) is 0 Å². The van der Waals surface area contributed by atoms with Crippen molar-refractivity contribution in [3.8, 4) is 0 Å². The first-order valence-electron chi connectivity index (χ1n) is 5.06. The van der Waals surface area contributed by atoms with Crippen LogP contribution in [0.25, 0.3) is 0 Å². The maximum Gasteiger partial charge on any atom is 0.327 e. The van der Waals surface area contributed by atoms with Crippen LogP contribution >= 0.6 is 15.9 Å². The van der Waals surface area contributed by atoms with Gasteiger partial charge in [0, 0.05) is 17.7 Å². The summed E-state index contributed by atoms with van der Waals surface area (Å²) in [6, 6.07) is 5.18. The Morgan fingerprint density at radius 3 is 2.72 bits per heavy atom. The molecule has 0 aliphatic rings. The van der Waals surface area contributed by atoms with Crippen molar-refractivity contribution < 1.29 is 19.2 Å². The predicted octanol–water partition coefficient (Wildman–Crippen LogP) is 2.10. The molecule has 7 heteroatoms. The van der Waals surface area contributed by atoms with Gasteiger partial charge in [0.25, 0.3) is 5.69 Å². The average Bonchev–Trinajstić information content (AvgIpc) is 2.37. The molecule has 1 aromatic carbocycles. The third-order valence-electron chi connectivity index (χ3n) is 2.07. The van der Waals surface area contributed by atoms with Gasteiger partial charge >= 0.3 is 5.97 Å². The highest BCUT2D eigenvalue weighted by Gasteiger charge is 2.26. The summed E-state index contributed by atoms with van der Waals surface area (Å²) in [5, 5.41) is 10.6. The van der Waals surface area contributed by atoms with E-state index in [9.17, 15) is 19.7 Å². The highest BCUT2D eigenvalue weighted by atomic mass is 79.9. The molecule has 96 valence electrons. The van der Waals surface area contributed by atoms with E-state index < -0.39 is 21.5 Å².